The Kier molecular flexibility index (Phi) is 7.61. The standard InChI is InChI=1S/C24H26BrN3O5/c1-31-23(29)20(26-24(30)33-15-16-7-3-2-4-8-16)14-19-18-11-10-17(25)13-21(18)28(27-19)22-9-5-6-12-32-22/h2-4,7-8,10-11,13,20,22H,5-6,9,12,14-15H2,1H3,(H,26,30)/t20-,22?/m0/s1. The van der Waals surface area contributed by atoms with Gasteiger partial charge in [0.2, 0.25) is 0 Å². The summed E-state index contributed by atoms with van der Waals surface area (Å²) in [7, 11) is 1.29. The maximum Gasteiger partial charge on any atom is 0.408 e. The normalized spacial score (nSPS) is 16.8. The second kappa shape index (κ2) is 10.8. The SMILES string of the molecule is COC(=O)[C@H](Cc1nn(C2CCCCO2)c2cc(Br)ccc12)NC(=O)OCc1ccccc1. The molecule has 0 bridgehead atoms. The smallest absolute Gasteiger partial charge is 0.408 e. The van der Waals surface area contributed by atoms with Gasteiger partial charge in [-0.2, -0.15) is 5.10 Å². The Bertz CT molecular complexity index is 1110. The van der Waals surface area contributed by atoms with Gasteiger partial charge in [-0.25, -0.2) is 14.3 Å². The molecule has 1 saturated heterocycles. The van der Waals surface area contributed by atoms with Crippen molar-refractivity contribution in [1.29, 1.82) is 0 Å². The van der Waals surface area contributed by atoms with Gasteiger partial charge in [0.25, 0.3) is 0 Å². The molecule has 2 heterocycles. The molecule has 9 heteroatoms. The molecule has 1 aliphatic heterocycles. The summed E-state index contributed by atoms with van der Waals surface area (Å²) in [4.78, 5) is 24.9. The van der Waals surface area contributed by atoms with Crippen LogP contribution in [0.3, 0.4) is 0 Å². The Morgan fingerprint density at radius 3 is 2.79 bits per heavy atom. The van der Waals surface area contributed by atoms with Crippen LogP contribution in [-0.2, 0) is 32.0 Å². The largest absolute Gasteiger partial charge is 0.467 e. The van der Waals surface area contributed by atoms with E-state index < -0.39 is 18.1 Å². The quantitative estimate of drug-likeness (QED) is 0.465. The van der Waals surface area contributed by atoms with Crippen LogP contribution in [0, 0.1) is 0 Å². The zero-order valence-electron chi connectivity index (χ0n) is 18.3. The Morgan fingerprint density at radius 1 is 1.24 bits per heavy atom. The molecule has 2 atom stereocenters. The Balaban J connectivity index is 1.54. The zero-order chi connectivity index (χ0) is 23.2. The molecule has 4 rings (SSSR count). The fourth-order valence-electron chi connectivity index (χ4n) is 3.90. The number of aromatic nitrogens is 2. The number of fused-ring (bicyclic) bond motifs is 1. The fraction of sp³-hybridized carbons (Fsp3) is 0.375. The third-order valence-corrected chi connectivity index (χ3v) is 6.06. The number of ether oxygens (including phenoxy) is 3. The summed E-state index contributed by atoms with van der Waals surface area (Å²) < 4.78 is 18.9. The van der Waals surface area contributed by atoms with Crippen molar-refractivity contribution >= 4 is 38.9 Å². The van der Waals surface area contributed by atoms with E-state index in [1.165, 1.54) is 7.11 Å². The topological polar surface area (TPSA) is 91.7 Å². The lowest BCUT2D eigenvalue weighted by Gasteiger charge is -2.23. The third kappa shape index (κ3) is 5.72. The maximum absolute atomic E-state index is 12.5. The minimum atomic E-state index is -0.944. The average Bonchev–Trinajstić information content (AvgIpc) is 3.20. The van der Waals surface area contributed by atoms with Gasteiger partial charge in [0.05, 0.1) is 18.3 Å². The van der Waals surface area contributed by atoms with Crippen LogP contribution in [0.1, 0.15) is 36.7 Å². The summed E-state index contributed by atoms with van der Waals surface area (Å²) in [5, 5.41) is 8.30. The number of benzene rings is 2. The van der Waals surface area contributed by atoms with E-state index in [9.17, 15) is 9.59 Å². The van der Waals surface area contributed by atoms with Crippen LogP contribution in [0.2, 0.25) is 0 Å². The highest BCUT2D eigenvalue weighted by Crippen LogP contribution is 2.30. The number of nitrogens with zero attached hydrogens (tertiary/aromatic N) is 2. The van der Waals surface area contributed by atoms with Crippen LogP contribution in [0.15, 0.2) is 53.0 Å². The molecule has 0 saturated carbocycles. The van der Waals surface area contributed by atoms with Gasteiger partial charge in [0.15, 0.2) is 6.23 Å². The predicted octanol–water partition coefficient (Wildman–Crippen LogP) is 4.51. The number of methoxy groups -OCH3 is 1. The van der Waals surface area contributed by atoms with E-state index in [1.54, 1.807) is 0 Å². The molecule has 0 spiro atoms. The number of carbonyl (C=O) groups is 2. The van der Waals surface area contributed by atoms with Crippen LogP contribution in [-0.4, -0.2) is 41.6 Å². The first-order chi connectivity index (χ1) is 16.0. The average molecular weight is 516 g/mol. The molecule has 3 aromatic rings. The Morgan fingerprint density at radius 2 is 2.06 bits per heavy atom. The van der Waals surface area contributed by atoms with Gasteiger partial charge in [-0.15, -0.1) is 0 Å². The van der Waals surface area contributed by atoms with Crippen molar-refractivity contribution in [3.8, 4) is 0 Å². The van der Waals surface area contributed by atoms with Gasteiger partial charge in [0.1, 0.15) is 12.6 Å². The van der Waals surface area contributed by atoms with E-state index >= 15 is 0 Å². The summed E-state index contributed by atoms with van der Waals surface area (Å²) in [6, 6.07) is 14.2. The summed E-state index contributed by atoms with van der Waals surface area (Å²) >= 11 is 3.52. The van der Waals surface area contributed by atoms with Crippen molar-refractivity contribution in [1.82, 2.24) is 15.1 Å². The van der Waals surface area contributed by atoms with E-state index in [1.807, 2.05) is 53.2 Å². The molecule has 1 fully saturated rings. The zero-order valence-corrected chi connectivity index (χ0v) is 19.9. The molecule has 0 aliphatic carbocycles. The van der Waals surface area contributed by atoms with Crippen LogP contribution >= 0.6 is 15.9 Å². The van der Waals surface area contributed by atoms with Crippen LogP contribution in [0.5, 0.6) is 0 Å². The molecule has 2 aromatic carbocycles. The summed E-state index contributed by atoms with van der Waals surface area (Å²) in [5.74, 6) is -0.569. The highest BCUT2D eigenvalue weighted by Gasteiger charge is 2.27. The molecular weight excluding hydrogens is 490 g/mol. The Labute approximate surface area is 200 Å². The van der Waals surface area contributed by atoms with Gasteiger partial charge in [0, 0.05) is 22.9 Å². The number of hydrogen-bond donors (Lipinski definition) is 1. The van der Waals surface area contributed by atoms with Crippen molar-refractivity contribution in [3.05, 3.63) is 64.3 Å². The van der Waals surface area contributed by atoms with Gasteiger partial charge >= 0.3 is 12.1 Å². The molecule has 0 radical (unpaired) electrons. The molecule has 1 aliphatic rings. The van der Waals surface area contributed by atoms with E-state index in [-0.39, 0.29) is 19.3 Å². The first kappa shape index (κ1) is 23.3. The summed E-state index contributed by atoms with van der Waals surface area (Å²) in [6.45, 7) is 0.792. The van der Waals surface area contributed by atoms with Gasteiger partial charge < -0.3 is 19.5 Å². The highest BCUT2D eigenvalue weighted by molar-refractivity contribution is 9.10. The van der Waals surface area contributed by atoms with Crippen molar-refractivity contribution in [3.63, 3.8) is 0 Å². The van der Waals surface area contributed by atoms with Gasteiger partial charge in [-0.1, -0.05) is 46.3 Å². The number of halogens is 1. The first-order valence-corrected chi connectivity index (χ1v) is 11.7. The molecule has 1 aromatic heterocycles. The second-order valence-electron chi connectivity index (χ2n) is 7.86. The molecule has 8 nitrogen and oxygen atoms in total. The lowest BCUT2D eigenvalue weighted by Crippen LogP contribution is -2.43. The van der Waals surface area contributed by atoms with Crippen molar-refractivity contribution in [2.45, 2.75) is 44.6 Å². The number of carbonyl (C=O) groups excluding carboxylic acids is 2. The van der Waals surface area contributed by atoms with Crippen molar-refractivity contribution in [2.24, 2.45) is 0 Å². The molecular formula is C24H26BrN3O5. The predicted molar refractivity (Wildman–Crippen MR) is 126 cm³/mol. The number of rotatable bonds is 7. The van der Waals surface area contributed by atoms with E-state index in [0.29, 0.717) is 12.3 Å². The fourth-order valence-corrected chi connectivity index (χ4v) is 4.25. The van der Waals surface area contributed by atoms with Gasteiger partial charge in [-0.3, -0.25) is 0 Å². The van der Waals surface area contributed by atoms with E-state index in [4.69, 9.17) is 19.3 Å². The molecule has 1 N–H and O–H groups in total. The highest BCUT2D eigenvalue weighted by atomic mass is 79.9. The van der Waals surface area contributed by atoms with Crippen LogP contribution < -0.4 is 5.32 Å². The number of nitrogens with one attached hydrogen (secondary N) is 1. The first-order valence-electron chi connectivity index (χ1n) is 10.9. The summed E-state index contributed by atoms with van der Waals surface area (Å²) in [5.41, 5.74) is 2.43. The third-order valence-electron chi connectivity index (χ3n) is 5.56. The minimum absolute atomic E-state index is 0.102. The van der Waals surface area contributed by atoms with E-state index in [2.05, 4.69) is 21.2 Å². The maximum atomic E-state index is 12.5. The van der Waals surface area contributed by atoms with Crippen LogP contribution in [0.4, 0.5) is 4.79 Å². The van der Waals surface area contributed by atoms with Crippen molar-refractivity contribution < 1.29 is 23.8 Å². The molecule has 1 unspecified atom stereocenters. The second-order valence-corrected chi connectivity index (χ2v) is 8.78. The Hall–Kier alpha value is -2.91. The molecule has 174 valence electrons. The minimum Gasteiger partial charge on any atom is -0.467 e. The number of esters is 1. The molecule has 33 heavy (non-hydrogen) atoms. The molecule has 1 amide bonds. The lowest BCUT2D eigenvalue weighted by molar-refractivity contribution is -0.143. The lowest BCUT2D eigenvalue weighted by atomic mass is 10.1. The van der Waals surface area contributed by atoms with Gasteiger partial charge in [-0.05, 0) is 43.0 Å². The number of alkyl carbamates (subject to hydrolysis) is 1. The number of amides is 1. The number of hydrogen-bond acceptors (Lipinski definition) is 6. The van der Waals surface area contributed by atoms with E-state index in [0.717, 1.165) is 40.2 Å². The summed E-state index contributed by atoms with van der Waals surface area (Å²) in [6.07, 6.45) is 2.26. The monoisotopic (exact) mass is 515 g/mol. The van der Waals surface area contributed by atoms with Crippen LogP contribution in [0.25, 0.3) is 10.9 Å². The van der Waals surface area contributed by atoms with Crippen molar-refractivity contribution in [2.75, 3.05) is 13.7 Å².